The minimum Gasteiger partial charge on any atom is -0.504 e. The first-order valence-electron chi connectivity index (χ1n) is 6.20. The molecule has 0 aliphatic heterocycles. The Balaban J connectivity index is 0.000000172. The maximum atomic E-state index is 10.2. The fourth-order valence-corrected chi connectivity index (χ4v) is 2.25. The quantitative estimate of drug-likeness (QED) is 0.680. The van der Waals surface area contributed by atoms with Crippen molar-refractivity contribution in [2.45, 2.75) is 0 Å². The van der Waals surface area contributed by atoms with Crippen LogP contribution in [0, 0.1) is 0 Å². The van der Waals surface area contributed by atoms with Crippen molar-refractivity contribution in [3.63, 3.8) is 0 Å². The van der Waals surface area contributed by atoms with Gasteiger partial charge in [0.2, 0.25) is 0 Å². The molecule has 1 heterocycles. The van der Waals surface area contributed by atoms with Gasteiger partial charge in [0.1, 0.15) is 5.52 Å². The molecule has 0 bridgehead atoms. The Morgan fingerprint density at radius 3 is 2.27 bits per heavy atom. The number of fused-ring (bicyclic) bond motifs is 1. The molecule has 0 fully saturated rings. The van der Waals surface area contributed by atoms with Crippen molar-refractivity contribution >= 4 is 40.1 Å². The van der Waals surface area contributed by atoms with E-state index in [1.807, 2.05) is 0 Å². The van der Waals surface area contributed by atoms with Gasteiger partial charge in [-0.2, -0.15) is 0 Å². The van der Waals surface area contributed by atoms with E-state index < -0.39 is 5.97 Å². The molecule has 0 radical (unpaired) electrons. The minimum absolute atomic E-state index is 0.0262. The van der Waals surface area contributed by atoms with Crippen LogP contribution in [0.15, 0.2) is 54.7 Å². The lowest BCUT2D eigenvalue weighted by Crippen LogP contribution is -1.93. The van der Waals surface area contributed by atoms with Crippen LogP contribution in [-0.4, -0.2) is 21.2 Å². The number of hydrogen-bond donors (Lipinski definition) is 2. The molecule has 2 N–H and O–H groups in total. The lowest BCUT2D eigenvalue weighted by atomic mass is 10.2. The lowest BCUT2D eigenvalue weighted by Gasteiger charge is -2.03. The number of carboxylic acids is 1. The summed E-state index contributed by atoms with van der Waals surface area (Å²) in [7, 11) is 0. The SMILES string of the molecule is O=C(O)c1ccccc1.Oc1c(Cl)cc(Cl)c2cccnc12. The van der Waals surface area contributed by atoms with Crippen molar-refractivity contribution in [1.82, 2.24) is 4.98 Å². The number of hydrogen-bond acceptors (Lipinski definition) is 3. The fourth-order valence-electron chi connectivity index (χ4n) is 1.74. The predicted molar refractivity (Wildman–Crippen MR) is 86.8 cm³/mol. The zero-order valence-electron chi connectivity index (χ0n) is 11.2. The summed E-state index contributed by atoms with van der Waals surface area (Å²) < 4.78 is 0. The number of pyridine rings is 1. The Bertz CT molecular complexity index is 807. The van der Waals surface area contributed by atoms with E-state index >= 15 is 0 Å². The number of benzene rings is 2. The van der Waals surface area contributed by atoms with Gasteiger partial charge < -0.3 is 10.2 Å². The van der Waals surface area contributed by atoms with Crippen LogP contribution < -0.4 is 0 Å². The topological polar surface area (TPSA) is 70.4 Å². The van der Waals surface area contributed by atoms with Crippen LogP contribution >= 0.6 is 23.2 Å². The molecular weight excluding hydrogens is 325 g/mol. The van der Waals surface area contributed by atoms with E-state index in [1.54, 1.807) is 48.7 Å². The molecular formula is C16H11Cl2NO3. The highest BCUT2D eigenvalue weighted by atomic mass is 35.5. The number of carbonyl (C=O) groups is 1. The van der Waals surface area contributed by atoms with Gasteiger partial charge in [-0.05, 0) is 30.3 Å². The van der Waals surface area contributed by atoms with E-state index in [1.165, 1.54) is 6.07 Å². The van der Waals surface area contributed by atoms with Crippen molar-refractivity contribution in [2.75, 3.05) is 0 Å². The standard InChI is InChI=1S/C9H5Cl2NO.C7H6O2/c10-6-4-7(11)9(13)8-5(6)2-1-3-12-8;8-7(9)6-4-2-1-3-5-6/h1-4,13H;1-5H,(H,8,9). The molecule has 1 aromatic heterocycles. The highest BCUT2D eigenvalue weighted by Crippen LogP contribution is 2.35. The van der Waals surface area contributed by atoms with Crippen molar-refractivity contribution < 1.29 is 15.0 Å². The number of halogens is 2. The highest BCUT2D eigenvalue weighted by molar-refractivity contribution is 6.39. The van der Waals surface area contributed by atoms with Crippen LogP contribution in [0.25, 0.3) is 10.9 Å². The average Bonchev–Trinajstić information content (AvgIpc) is 2.54. The molecule has 0 atom stereocenters. The zero-order chi connectivity index (χ0) is 16.1. The van der Waals surface area contributed by atoms with Gasteiger partial charge in [-0.3, -0.25) is 4.98 Å². The molecule has 2 aromatic carbocycles. The molecule has 3 aromatic rings. The summed E-state index contributed by atoms with van der Waals surface area (Å²) in [5.74, 6) is -0.905. The summed E-state index contributed by atoms with van der Waals surface area (Å²) in [5.41, 5.74) is 0.762. The maximum Gasteiger partial charge on any atom is 0.335 e. The van der Waals surface area contributed by atoms with Gasteiger partial charge in [0.05, 0.1) is 15.6 Å². The van der Waals surface area contributed by atoms with Crippen molar-refractivity contribution in [1.29, 1.82) is 0 Å². The first-order chi connectivity index (χ1) is 10.5. The molecule has 3 rings (SSSR count). The molecule has 0 spiro atoms. The zero-order valence-corrected chi connectivity index (χ0v) is 12.7. The van der Waals surface area contributed by atoms with Crippen LogP contribution in [0.2, 0.25) is 10.0 Å². The van der Waals surface area contributed by atoms with E-state index in [0.717, 1.165) is 0 Å². The number of aromatic nitrogens is 1. The smallest absolute Gasteiger partial charge is 0.335 e. The Labute approximate surface area is 136 Å². The summed E-state index contributed by atoms with van der Waals surface area (Å²) in [6.45, 7) is 0. The Kier molecular flexibility index (Phi) is 5.20. The molecule has 0 aliphatic rings. The van der Waals surface area contributed by atoms with E-state index in [2.05, 4.69) is 4.98 Å². The van der Waals surface area contributed by atoms with E-state index in [9.17, 15) is 9.90 Å². The maximum absolute atomic E-state index is 10.2. The molecule has 22 heavy (non-hydrogen) atoms. The second-order valence-electron chi connectivity index (χ2n) is 4.26. The Morgan fingerprint density at radius 2 is 1.68 bits per heavy atom. The Hall–Kier alpha value is -2.30. The third kappa shape index (κ3) is 3.67. The second-order valence-corrected chi connectivity index (χ2v) is 5.07. The average molecular weight is 336 g/mol. The van der Waals surface area contributed by atoms with E-state index in [4.69, 9.17) is 28.3 Å². The highest BCUT2D eigenvalue weighted by Gasteiger charge is 2.08. The molecule has 0 saturated carbocycles. The first-order valence-corrected chi connectivity index (χ1v) is 6.96. The lowest BCUT2D eigenvalue weighted by molar-refractivity contribution is 0.0697. The first kappa shape index (κ1) is 16.1. The molecule has 6 heteroatoms. The van der Waals surface area contributed by atoms with E-state index in [-0.39, 0.29) is 10.8 Å². The number of aromatic carboxylic acids is 1. The van der Waals surface area contributed by atoms with Gasteiger partial charge in [0.25, 0.3) is 0 Å². The fraction of sp³-hybridized carbons (Fsp3) is 0. The van der Waals surface area contributed by atoms with Crippen LogP contribution in [-0.2, 0) is 0 Å². The summed E-state index contributed by atoms with van der Waals surface area (Å²) in [6, 6.07) is 13.3. The van der Waals surface area contributed by atoms with Crippen molar-refractivity contribution in [3.05, 3.63) is 70.3 Å². The summed E-state index contributed by atoms with van der Waals surface area (Å²) in [5, 5.41) is 19.3. The number of carboxylic acid groups (broad SMARTS) is 1. The number of phenolic OH excluding ortho intramolecular Hbond substituents is 1. The summed E-state index contributed by atoms with van der Waals surface area (Å²) in [6.07, 6.45) is 1.58. The van der Waals surface area contributed by atoms with Crippen LogP contribution in [0.1, 0.15) is 10.4 Å². The summed E-state index contributed by atoms with van der Waals surface area (Å²) in [4.78, 5) is 14.2. The third-order valence-electron chi connectivity index (χ3n) is 2.79. The third-order valence-corrected chi connectivity index (χ3v) is 3.39. The molecule has 0 saturated heterocycles. The van der Waals surface area contributed by atoms with E-state index in [0.29, 0.717) is 21.5 Å². The normalized spacial score (nSPS) is 9.91. The Morgan fingerprint density at radius 1 is 1.00 bits per heavy atom. The summed E-state index contributed by atoms with van der Waals surface area (Å²) >= 11 is 11.6. The molecule has 112 valence electrons. The number of rotatable bonds is 1. The van der Waals surface area contributed by atoms with Gasteiger partial charge in [-0.1, -0.05) is 41.4 Å². The predicted octanol–water partition coefficient (Wildman–Crippen LogP) is 4.63. The van der Waals surface area contributed by atoms with Crippen LogP contribution in [0.5, 0.6) is 5.75 Å². The number of aromatic hydroxyl groups is 1. The number of phenols is 1. The van der Waals surface area contributed by atoms with Crippen molar-refractivity contribution in [3.8, 4) is 5.75 Å². The van der Waals surface area contributed by atoms with Crippen LogP contribution in [0.3, 0.4) is 0 Å². The molecule has 4 nitrogen and oxygen atoms in total. The van der Waals surface area contributed by atoms with Gasteiger partial charge in [-0.15, -0.1) is 0 Å². The largest absolute Gasteiger partial charge is 0.504 e. The monoisotopic (exact) mass is 335 g/mol. The van der Waals surface area contributed by atoms with Gasteiger partial charge in [0.15, 0.2) is 5.75 Å². The molecule has 0 aliphatic carbocycles. The van der Waals surface area contributed by atoms with Gasteiger partial charge >= 0.3 is 5.97 Å². The second kappa shape index (κ2) is 7.11. The van der Waals surface area contributed by atoms with Crippen molar-refractivity contribution in [2.24, 2.45) is 0 Å². The molecule has 0 amide bonds. The minimum atomic E-state index is -0.879. The number of nitrogens with zero attached hydrogens (tertiary/aromatic N) is 1. The molecule has 0 unspecified atom stereocenters. The van der Waals surface area contributed by atoms with Gasteiger partial charge in [-0.25, -0.2) is 4.79 Å². The van der Waals surface area contributed by atoms with Crippen LogP contribution in [0.4, 0.5) is 0 Å². The van der Waals surface area contributed by atoms with Gasteiger partial charge in [0, 0.05) is 11.6 Å².